The number of fused-ring (bicyclic) bond motifs is 1. The maximum Gasteiger partial charge on any atom is 0.0389 e. The minimum absolute atomic E-state index is 0.414. The molecule has 1 heteroatoms. The Morgan fingerprint density at radius 3 is 2.60 bits per heavy atom. The lowest BCUT2D eigenvalue weighted by atomic mass is 9.76. The summed E-state index contributed by atoms with van der Waals surface area (Å²) in [6.07, 6.45) is 3.81. The topological polar surface area (TPSA) is 12.0 Å². The molecule has 104 valence electrons. The molecule has 1 aliphatic carbocycles. The highest BCUT2D eigenvalue weighted by Gasteiger charge is 2.28. The highest BCUT2D eigenvalue weighted by molar-refractivity contribution is 5.38. The molecule has 0 aliphatic heterocycles. The van der Waals surface area contributed by atoms with Gasteiger partial charge in [0.1, 0.15) is 0 Å². The van der Waals surface area contributed by atoms with Gasteiger partial charge in [0.15, 0.2) is 0 Å². The van der Waals surface area contributed by atoms with E-state index >= 15 is 0 Å². The first-order chi connectivity index (χ1) is 9.81. The van der Waals surface area contributed by atoms with Gasteiger partial charge in [0, 0.05) is 12.0 Å². The van der Waals surface area contributed by atoms with Crippen LogP contribution >= 0.6 is 0 Å². The molecule has 2 aromatic rings. The Labute approximate surface area is 122 Å². The van der Waals surface area contributed by atoms with Crippen LogP contribution < -0.4 is 5.32 Å². The van der Waals surface area contributed by atoms with E-state index in [4.69, 9.17) is 0 Å². The number of likely N-dealkylation sites (N-methyl/N-ethyl adjacent to an activating group) is 1. The fraction of sp³-hybridized carbons (Fsp3) is 0.368. The molecule has 1 N–H and O–H groups in total. The molecule has 0 bridgehead atoms. The second-order valence-electron chi connectivity index (χ2n) is 5.82. The van der Waals surface area contributed by atoms with Gasteiger partial charge in [-0.15, -0.1) is 0 Å². The fourth-order valence-corrected chi connectivity index (χ4v) is 3.65. The number of benzene rings is 2. The van der Waals surface area contributed by atoms with Crippen LogP contribution in [0, 0.1) is 6.92 Å². The third-order valence-electron chi connectivity index (χ3n) is 4.65. The lowest BCUT2D eigenvalue weighted by Crippen LogP contribution is -2.27. The summed E-state index contributed by atoms with van der Waals surface area (Å²) in [5.41, 5.74) is 5.91. The van der Waals surface area contributed by atoms with Gasteiger partial charge >= 0.3 is 0 Å². The Balaban J connectivity index is 2.01. The molecule has 0 heterocycles. The van der Waals surface area contributed by atoms with E-state index in [-0.39, 0.29) is 0 Å². The minimum atomic E-state index is 0.414. The molecule has 2 atom stereocenters. The molecular weight excluding hydrogens is 242 g/mol. The van der Waals surface area contributed by atoms with Crippen molar-refractivity contribution in [2.75, 3.05) is 7.05 Å². The van der Waals surface area contributed by atoms with E-state index in [1.165, 1.54) is 36.0 Å². The summed E-state index contributed by atoms with van der Waals surface area (Å²) in [6.45, 7) is 2.22. The Morgan fingerprint density at radius 2 is 1.80 bits per heavy atom. The summed E-state index contributed by atoms with van der Waals surface area (Å²) >= 11 is 0. The van der Waals surface area contributed by atoms with Crippen molar-refractivity contribution in [3.63, 3.8) is 0 Å². The molecule has 0 fully saturated rings. The van der Waals surface area contributed by atoms with Crippen molar-refractivity contribution in [3.05, 3.63) is 70.8 Å². The minimum Gasteiger partial charge on any atom is -0.312 e. The van der Waals surface area contributed by atoms with Crippen LogP contribution in [0.5, 0.6) is 0 Å². The number of hydrogen-bond acceptors (Lipinski definition) is 1. The van der Waals surface area contributed by atoms with Crippen LogP contribution in [0.25, 0.3) is 0 Å². The number of rotatable bonds is 3. The average molecular weight is 265 g/mol. The first-order valence-electron chi connectivity index (χ1n) is 7.62. The van der Waals surface area contributed by atoms with E-state index < -0.39 is 0 Å². The Kier molecular flexibility index (Phi) is 3.88. The normalized spacial score (nSPS) is 19.4. The first kappa shape index (κ1) is 13.4. The maximum atomic E-state index is 3.57. The van der Waals surface area contributed by atoms with Crippen molar-refractivity contribution in [2.24, 2.45) is 0 Å². The molecule has 1 aliphatic rings. The summed E-state index contributed by atoms with van der Waals surface area (Å²) in [7, 11) is 2.09. The Bertz CT molecular complexity index is 588. The van der Waals surface area contributed by atoms with Crippen LogP contribution in [0.4, 0.5) is 0 Å². The van der Waals surface area contributed by atoms with Gasteiger partial charge in [0.05, 0.1) is 0 Å². The van der Waals surface area contributed by atoms with E-state index in [9.17, 15) is 0 Å². The second kappa shape index (κ2) is 5.80. The van der Waals surface area contributed by atoms with Crippen LogP contribution in [-0.4, -0.2) is 7.05 Å². The van der Waals surface area contributed by atoms with Crippen LogP contribution in [0.1, 0.15) is 47.1 Å². The van der Waals surface area contributed by atoms with Crippen molar-refractivity contribution in [3.8, 4) is 0 Å². The Hall–Kier alpha value is -1.60. The third kappa shape index (κ3) is 2.38. The van der Waals surface area contributed by atoms with Gasteiger partial charge in [0.2, 0.25) is 0 Å². The second-order valence-corrected chi connectivity index (χ2v) is 5.82. The quantitative estimate of drug-likeness (QED) is 0.868. The number of hydrogen-bond donors (Lipinski definition) is 1. The SMILES string of the molecule is CNC(c1ccccc1C)C1CCCc2ccccc21. The molecule has 1 nitrogen and oxygen atoms in total. The molecule has 2 aromatic carbocycles. The van der Waals surface area contributed by atoms with Crippen LogP contribution in [0.3, 0.4) is 0 Å². The maximum absolute atomic E-state index is 3.57. The van der Waals surface area contributed by atoms with E-state index in [2.05, 4.69) is 67.8 Å². The van der Waals surface area contributed by atoms with Gasteiger partial charge in [-0.1, -0.05) is 48.5 Å². The van der Waals surface area contributed by atoms with Crippen molar-refractivity contribution in [2.45, 2.75) is 38.1 Å². The lowest BCUT2D eigenvalue weighted by molar-refractivity contribution is 0.424. The summed E-state index contributed by atoms with van der Waals surface area (Å²) in [5.74, 6) is 0.589. The number of nitrogens with one attached hydrogen (secondary N) is 1. The smallest absolute Gasteiger partial charge is 0.0389 e. The molecule has 20 heavy (non-hydrogen) atoms. The monoisotopic (exact) mass is 265 g/mol. The van der Waals surface area contributed by atoms with Crippen LogP contribution in [-0.2, 0) is 6.42 Å². The van der Waals surface area contributed by atoms with Crippen molar-refractivity contribution >= 4 is 0 Å². The molecule has 0 aromatic heterocycles. The highest BCUT2D eigenvalue weighted by atomic mass is 14.9. The van der Waals surface area contributed by atoms with Gasteiger partial charge < -0.3 is 5.32 Å². The summed E-state index contributed by atoms with van der Waals surface area (Å²) in [6, 6.07) is 18.2. The van der Waals surface area contributed by atoms with Gasteiger partial charge in [-0.25, -0.2) is 0 Å². The predicted molar refractivity (Wildman–Crippen MR) is 85.1 cm³/mol. The summed E-state index contributed by atoms with van der Waals surface area (Å²) < 4.78 is 0. The van der Waals surface area contributed by atoms with E-state index in [0.29, 0.717) is 12.0 Å². The molecule has 2 unspecified atom stereocenters. The fourth-order valence-electron chi connectivity index (χ4n) is 3.65. The molecule has 0 saturated heterocycles. The zero-order valence-corrected chi connectivity index (χ0v) is 12.4. The molecule has 0 spiro atoms. The molecular formula is C19H23N. The summed E-state index contributed by atoms with van der Waals surface area (Å²) in [5, 5.41) is 3.57. The summed E-state index contributed by atoms with van der Waals surface area (Å²) in [4.78, 5) is 0. The molecule has 3 rings (SSSR count). The average Bonchev–Trinajstić information content (AvgIpc) is 2.50. The molecule has 0 amide bonds. The van der Waals surface area contributed by atoms with E-state index in [0.717, 1.165) is 0 Å². The number of aryl methyl sites for hydroxylation is 2. The lowest BCUT2D eigenvalue weighted by Gasteiger charge is -2.33. The van der Waals surface area contributed by atoms with Crippen LogP contribution in [0.15, 0.2) is 48.5 Å². The van der Waals surface area contributed by atoms with Crippen LogP contribution in [0.2, 0.25) is 0 Å². The van der Waals surface area contributed by atoms with E-state index in [1.807, 2.05) is 0 Å². The largest absolute Gasteiger partial charge is 0.312 e. The van der Waals surface area contributed by atoms with Crippen molar-refractivity contribution in [1.29, 1.82) is 0 Å². The van der Waals surface area contributed by atoms with E-state index in [1.54, 1.807) is 5.56 Å². The molecule has 0 radical (unpaired) electrons. The standard InChI is InChI=1S/C19H23N/c1-14-8-3-5-11-16(14)19(20-2)18-13-7-10-15-9-4-6-12-17(15)18/h3-6,8-9,11-12,18-20H,7,10,13H2,1-2H3. The first-order valence-corrected chi connectivity index (χ1v) is 7.62. The Morgan fingerprint density at radius 1 is 1.05 bits per heavy atom. The highest BCUT2D eigenvalue weighted by Crippen LogP contribution is 2.40. The van der Waals surface area contributed by atoms with Crippen molar-refractivity contribution < 1.29 is 0 Å². The third-order valence-corrected chi connectivity index (χ3v) is 4.65. The van der Waals surface area contributed by atoms with Crippen molar-refractivity contribution in [1.82, 2.24) is 5.32 Å². The zero-order chi connectivity index (χ0) is 13.9. The van der Waals surface area contributed by atoms with Gasteiger partial charge in [0.25, 0.3) is 0 Å². The predicted octanol–water partition coefficient (Wildman–Crippen LogP) is 4.38. The zero-order valence-electron chi connectivity index (χ0n) is 12.4. The molecule has 0 saturated carbocycles. The van der Waals surface area contributed by atoms with Gasteiger partial charge in [-0.05, 0) is 55.5 Å². The van der Waals surface area contributed by atoms with Gasteiger partial charge in [-0.3, -0.25) is 0 Å². The van der Waals surface area contributed by atoms with Gasteiger partial charge in [-0.2, -0.15) is 0 Å².